The molecule has 0 N–H and O–H groups in total. The highest BCUT2D eigenvalue weighted by Crippen LogP contribution is 2.34. The normalized spacial score (nSPS) is 10.4. The molecule has 0 spiro atoms. The highest BCUT2D eigenvalue weighted by atomic mass is 79.9. The highest BCUT2D eigenvalue weighted by Gasteiger charge is 2.20. The van der Waals surface area contributed by atoms with Gasteiger partial charge in [0.1, 0.15) is 0 Å². The molecule has 0 saturated carbocycles. The number of ether oxygens (including phenoxy) is 1. The van der Waals surface area contributed by atoms with Crippen molar-refractivity contribution in [2.24, 2.45) is 0 Å². The van der Waals surface area contributed by atoms with Crippen LogP contribution in [0.5, 0.6) is 11.6 Å². The Morgan fingerprint density at radius 2 is 1.90 bits per heavy atom. The minimum atomic E-state index is -1.57. The molecule has 0 fully saturated rings. The van der Waals surface area contributed by atoms with Gasteiger partial charge in [-0.15, -0.1) is 0 Å². The van der Waals surface area contributed by atoms with Crippen molar-refractivity contribution in [2.75, 3.05) is 0 Å². The lowest BCUT2D eigenvalue weighted by molar-refractivity contribution is -0.385. The first-order valence-corrected chi connectivity index (χ1v) is 5.81. The summed E-state index contributed by atoms with van der Waals surface area (Å²) in [5.41, 5.74) is -0.481. The quantitative estimate of drug-likeness (QED) is 0.478. The number of hydrogen-bond donors (Lipinski definition) is 0. The lowest BCUT2D eigenvalue weighted by Crippen LogP contribution is -2.00. The molecule has 9 heteroatoms. The summed E-state index contributed by atoms with van der Waals surface area (Å²) in [7, 11) is 0. The molecule has 2 aromatic rings. The van der Waals surface area contributed by atoms with Crippen molar-refractivity contribution in [1.29, 1.82) is 0 Å². The third kappa shape index (κ3) is 2.87. The van der Waals surface area contributed by atoms with E-state index in [-0.39, 0.29) is 11.8 Å². The van der Waals surface area contributed by atoms with E-state index < -0.39 is 34.1 Å². The summed E-state index contributed by atoms with van der Waals surface area (Å²) in [6, 6.07) is 3.93. The zero-order valence-electron chi connectivity index (χ0n) is 9.44. The highest BCUT2D eigenvalue weighted by molar-refractivity contribution is 9.10. The third-order valence-electron chi connectivity index (χ3n) is 2.18. The molecule has 104 valence electrons. The minimum Gasteiger partial charge on any atom is -0.429 e. The van der Waals surface area contributed by atoms with Crippen molar-refractivity contribution >= 4 is 21.6 Å². The average molecular weight is 349 g/mol. The van der Waals surface area contributed by atoms with Crippen LogP contribution in [0.3, 0.4) is 0 Å². The summed E-state index contributed by atoms with van der Waals surface area (Å²) in [5.74, 6) is -5.58. The fourth-order valence-corrected chi connectivity index (χ4v) is 1.67. The molecule has 0 unspecified atom stereocenters. The molecule has 2 rings (SSSR count). The van der Waals surface area contributed by atoms with Crippen LogP contribution in [0, 0.1) is 27.7 Å². The zero-order chi connectivity index (χ0) is 14.9. The Kier molecular flexibility index (Phi) is 3.89. The van der Waals surface area contributed by atoms with E-state index in [2.05, 4.69) is 20.9 Å². The van der Waals surface area contributed by atoms with E-state index in [0.29, 0.717) is 4.47 Å². The maximum absolute atomic E-state index is 13.4. The van der Waals surface area contributed by atoms with Gasteiger partial charge in [0.2, 0.25) is 5.75 Å². The number of halogens is 4. The van der Waals surface area contributed by atoms with E-state index in [0.717, 1.165) is 6.07 Å². The van der Waals surface area contributed by atoms with Gasteiger partial charge in [0, 0.05) is 16.6 Å². The van der Waals surface area contributed by atoms with Crippen LogP contribution in [0.2, 0.25) is 0 Å². The summed E-state index contributed by atoms with van der Waals surface area (Å²) < 4.78 is 44.2. The number of nitro groups is 1. The second-order valence-corrected chi connectivity index (χ2v) is 4.43. The van der Waals surface area contributed by atoms with Gasteiger partial charge in [-0.3, -0.25) is 10.1 Å². The van der Waals surface area contributed by atoms with Crippen molar-refractivity contribution < 1.29 is 22.8 Å². The number of pyridine rings is 1. The van der Waals surface area contributed by atoms with Gasteiger partial charge in [0.25, 0.3) is 11.8 Å². The SMILES string of the molecule is O=[N+]([O-])c1cc(Br)ccc1Oc1nc(F)c(F)cc1F. The van der Waals surface area contributed by atoms with Crippen LogP contribution in [0.25, 0.3) is 0 Å². The van der Waals surface area contributed by atoms with E-state index in [1.54, 1.807) is 0 Å². The topological polar surface area (TPSA) is 65.3 Å². The van der Waals surface area contributed by atoms with E-state index in [9.17, 15) is 23.3 Å². The molecule has 0 aliphatic rings. The van der Waals surface area contributed by atoms with Crippen LogP contribution in [0.4, 0.5) is 18.9 Å². The number of benzene rings is 1. The van der Waals surface area contributed by atoms with E-state index in [1.165, 1.54) is 12.1 Å². The van der Waals surface area contributed by atoms with Crippen molar-refractivity contribution in [3.8, 4) is 11.6 Å². The fraction of sp³-hybridized carbons (Fsp3) is 0. The molecule has 0 atom stereocenters. The number of hydrogen-bond acceptors (Lipinski definition) is 4. The van der Waals surface area contributed by atoms with Gasteiger partial charge in [0.05, 0.1) is 4.92 Å². The summed E-state index contributed by atoms with van der Waals surface area (Å²) >= 11 is 3.03. The van der Waals surface area contributed by atoms with Crippen molar-refractivity contribution in [3.05, 3.63) is 56.4 Å². The van der Waals surface area contributed by atoms with Gasteiger partial charge < -0.3 is 4.74 Å². The lowest BCUT2D eigenvalue weighted by Gasteiger charge is -2.06. The number of nitrogens with zero attached hydrogens (tertiary/aromatic N) is 2. The molecular weight excluding hydrogens is 345 g/mol. The second kappa shape index (κ2) is 5.45. The van der Waals surface area contributed by atoms with Crippen LogP contribution in [0.15, 0.2) is 28.7 Å². The first kappa shape index (κ1) is 14.3. The summed E-state index contributed by atoms with van der Waals surface area (Å²) in [6.45, 7) is 0. The molecular formula is C11H4BrF3N2O3. The summed E-state index contributed by atoms with van der Waals surface area (Å²) in [5, 5.41) is 10.8. The minimum absolute atomic E-state index is 0.238. The Hall–Kier alpha value is -2.16. The van der Waals surface area contributed by atoms with Crippen LogP contribution < -0.4 is 4.74 Å². The summed E-state index contributed by atoms with van der Waals surface area (Å²) in [6.07, 6.45) is 0. The molecule has 0 bridgehead atoms. The summed E-state index contributed by atoms with van der Waals surface area (Å²) in [4.78, 5) is 13.0. The first-order chi connectivity index (χ1) is 9.38. The maximum atomic E-state index is 13.4. The van der Waals surface area contributed by atoms with Gasteiger partial charge in [-0.1, -0.05) is 15.9 Å². The predicted octanol–water partition coefficient (Wildman–Crippen LogP) is 3.96. The van der Waals surface area contributed by atoms with Gasteiger partial charge >= 0.3 is 5.69 Å². The smallest absolute Gasteiger partial charge is 0.312 e. The molecule has 0 saturated heterocycles. The van der Waals surface area contributed by atoms with Gasteiger partial charge in [0.15, 0.2) is 11.6 Å². The average Bonchev–Trinajstić information content (AvgIpc) is 2.37. The molecule has 0 amide bonds. The van der Waals surface area contributed by atoms with Crippen molar-refractivity contribution in [2.45, 2.75) is 0 Å². The largest absolute Gasteiger partial charge is 0.429 e. The van der Waals surface area contributed by atoms with Crippen LogP contribution in [0.1, 0.15) is 0 Å². The van der Waals surface area contributed by atoms with E-state index >= 15 is 0 Å². The molecule has 0 aliphatic heterocycles. The Morgan fingerprint density at radius 1 is 1.20 bits per heavy atom. The number of rotatable bonds is 3. The monoisotopic (exact) mass is 348 g/mol. The second-order valence-electron chi connectivity index (χ2n) is 3.52. The fourth-order valence-electron chi connectivity index (χ4n) is 1.32. The van der Waals surface area contributed by atoms with Gasteiger partial charge in [-0.05, 0) is 12.1 Å². The van der Waals surface area contributed by atoms with E-state index in [1.807, 2.05) is 0 Å². The van der Waals surface area contributed by atoms with Crippen molar-refractivity contribution in [3.63, 3.8) is 0 Å². The Balaban J connectivity index is 2.45. The molecule has 0 radical (unpaired) electrons. The van der Waals surface area contributed by atoms with Gasteiger partial charge in [-0.2, -0.15) is 9.37 Å². The zero-order valence-corrected chi connectivity index (χ0v) is 11.0. The van der Waals surface area contributed by atoms with Crippen LogP contribution >= 0.6 is 15.9 Å². The molecule has 0 aliphatic carbocycles. The standard InChI is InChI=1S/C11H4BrF3N2O3/c12-5-1-2-9(8(3-5)17(18)19)20-11-7(14)4-6(13)10(15)16-11/h1-4H. The number of aromatic nitrogens is 1. The lowest BCUT2D eigenvalue weighted by atomic mass is 10.3. The molecule has 1 aromatic heterocycles. The Labute approximate surface area is 118 Å². The van der Waals surface area contributed by atoms with Crippen LogP contribution in [-0.2, 0) is 0 Å². The van der Waals surface area contributed by atoms with Crippen LogP contribution in [-0.4, -0.2) is 9.91 Å². The molecule has 5 nitrogen and oxygen atoms in total. The van der Waals surface area contributed by atoms with Crippen molar-refractivity contribution in [1.82, 2.24) is 4.98 Å². The first-order valence-electron chi connectivity index (χ1n) is 5.02. The maximum Gasteiger partial charge on any atom is 0.312 e. The number of nitro benzene ring substituents is 1. The molecule has 1 heterocycles. The van der Waals surface area contributed by atoms with Gasteiger partial charge in [-0.25, -0.2) is 8.78 Å². The Bertz CT molecular complexity index is 697. The molecule has 1 aromatic carbocycles. The third-order valence-corrected chi connectivity index (χ3v) is 2.67. The molecule has 20 heavy (non-hydrogen) atoms. The van der Waals surface area contributed by atoms with E-state index in [4.69, 9.17) is 4.74 Å². The predicted molar refractivity (Wildman–Crippen MR) is 65.0 cm³/mol. The Morgan fingerprint density at radius 3 is 2.55 bits per heavy atom.